The molecule has 0 bridgehead atoms. The van der Waals surface area contributed by atoms with Crippen molar-refractivity contribution < 1.29 is 9.18 Å². The number of amides is 1. The van der Waals surface area contributed by atoms with Crippen LogP contribution in [0.4, 0.5) is 10.2 Å². The van der Waals surface area contributed by atoms with E-state index >= 15 is 0 Å². The Balaban J connectivity index is 1.23. The maximum Gasteiger partial charge on any atom is 0.230 e. The number of halogens is 1. The molecule has 0 aliphatic carbocycles. The zero-order valence-corrected chi connectivity index (χ0v) is 16.9. The topological polar surface area (TPSA) is 61.0 Å². The van der Waals surface area contributed by atoms with E-state index in [1.54, 1.807) is 23.5 Å². The van der Waals surface area contributed by atoms with Gasteiger partial charge in [-0.3, -0.25) is 9.89 Å². The molecule has 3 heterocycles. The molecule has 4 rings (SSSR count). The van der Waals surface area contributed by atoms with E-state index in [1.165, 1.54) is 28.8 Å². The van der Waals surface area contributed by atoms with Gasteiger partial charge in [-0.15, -0.1) is 23.1 Å². The number of anilines is 1. The maximum absolute atomic E-state index is 12.9. The van der Waals surface area contributed by atoms with E-state index < -0.39 is 0 Å². The number of H-pyrrole nitrogens is 1. The standard InChI is InChI=1S/C20H21FN4OS2/c21-14-3-5-16(6-4-14)28-13-20(26)22-15-7-9-25(10-8-15)19-12-17(23-24-19)18-2-1-11-27-18/h1-6,11-12,15H,7-10,13H2,(H,22,26)(H,23,24). The molecule has 3 aromatic rings. The van der Waals surface area contributed by atoms with Gasteiger partial charge in [0.1, 0.15) is 5.82 Å². The fourth-order valence-corrected chi connectivity index (χ4v) is 4.64. The summed E-state index contributed by atoms with van der Waals surface area (Å²) in [6.07, 6.45) is 1.79. The highest BCUT2D eigenvalue weighted by Gasteiger charge is 2.22. The molecule has 2 aromatic heterocycles. The Morgan fingerprint density at radius 1 is 1.29 bits per heavy atom. The van der Waals surface area contributed by atoms with Gasteiger partial charge in [-0.05, 0) is 48.6 Å². The molecule has 1 amide bonds. The van der Waals surface area contributed by atoms with Crippen LogP contribution in [-0.2, 0) is 4.79 Å². The molecule has 28 heavy (non-hydrogen) atoms. The lowest BCUT2D eigenvalue weighted by atomic mass is 10.1. The number of carbonyl (C=O) groups is 1. The van der Waals surface area contributed by atoms with Crippen LogP contribution in [0.15, 0.2) is 52.7 Å². The maximum atomic E-state index is 12.9. The number of piperidine rings is 1. The fourth-order valence-electron chi connectivity index (χ4n) is 3.23. The first kappa shape index (κ1) is 19.0. The molecule has 0 unspecified atom stereocenters. The van der Waals surface area contributed by atoms with Crippen LogP contribution in [0.3, 0.4) is 0 Å². The molecule has 1 aliphatic heterocycles. The first-order valence-electron chi connectivity index (χ1n) is 9.19. The predicted octanol–water partition coefficient (Wildman–Crippen LogP) is 4.15. The number of thioether (sulfide) groups is 1. The lowest BCUT2D eigenvalue weighted by Gasteiger charge is -2.32. The van der Waals surface area contributed by atoms with Crippen molar-refractivity contribution in [2.24, 2.45) is 0 Å². The van der Waals surface area contributed by atoms with Gasteiger partial charge in [0.25, 0.3) is 0 Å². The Hall–Kier alpha value is -2.32. The summed E-state index contributed by atoms with van der Waals surface area (Å²) in [5.74, 6) is 1.06. The van der Waals surface area contributed by atoms with Crippen LogP contribution in [0.25, 0.3) is 10.6 Å². The number of thiophene rings is 1. The second kappa shape index (κ2) is 8.79. The number of aromatic amines is 1. The van der Waals surface area contributed by atoms with E-state index in [-0.39, 0.29) is 17.8 Å². The van der Waals surface area contributed by atoms with Gasteiger partial charge >= 0.3 is 0 Å². The molecule has 1 aromatic carbocycles. The highest BCUT2D eigenvalue weighted by Crippen LogP contribution is 2.27. The van der Waals surface area contributed by atoms with Gasteiger partial charge in [0, 0.05) is 30.1 Å². The van der Waals surface area contributed by atoms with Crippen molar-refractivity contribution in [2.45, 2.75) is 23.8 Å². The van der Waals surface area contributed by atoms with Crippen molar-refractivity contribution in [3.8, 4) is 10.6 Å². The molecule has 8 heteroatoms. The number of carbonyl (C=O) groups excluding carboxylic acids is 1. The first-order valence-corrected chi connectivity index (χ1v) is 11.1. The number of hydrogen-bond acceptors (Lipinski definition) is 5. The molecule has 146 valence electrons. The molecule has 5 nitrogen and oxygen atoms in total. The summed E-state index contributed by atoms with van der Waals surface area (Å²) in [6, 6.07) is 12.6. The van der Waals surface area contributed by atoms with Crippen molar-refractivity contribution in [1.82, 2.24) is 15.5 Å². The predicted molar refractivity (Wildman–Crippen MR) is 112 cm³/mol. The average Bonchev–Trinajstić information content (AvgIpc) is 3.40. The molecule has 1 fully saturated rings. The molecule has 1 saturated heterocycles. The molecular formula is C20H21FN4OS2. The minimum absolute atomic E-state index is 0.0209. The quantitative estimate of drug-likeness (QED) is 0.593. The third kappa shape index (κ3) is 4.74. The summed E-state index contributed by atoms with van der Waals surface area (Å²) >= 11 is 3.11. The van der Waals surface area contributed by atoms with Crippen molar-refractivity contribution in [2.75, 3.05) is 23.7 Å². The largest absolute Gasteiger partial charge is 0.355 e. The Kier molecular flexibility index (Phi) is 5.97. The lowest BCUT2D eigenvalue weighted by molar-refractivity contribution is -0.119. The molecule has 1 aliphatic rings. The smallest absolute Gasteiger partial charge is 0.230 e. The molecule has 0 spiro atoms. The Morgan fingerprint density at radius 3 is 2.79 bits per heavy atom. The van der Waals surface area contributed by atoms with Gasteiger partial charge in [-0.2, -0.15) is 5.10 Å². The SMILES string of the molecule is O=C(CSc1ccc(F)cc1)NC1CCN(c2cc(-c3cccs3)[nH]n2)CC1. The van der Waals surface area contributed by atoms with Gasteiger partial charge in [-0.25, -0.2) is 4.39 Å². The number of aromatic nitrogens is 2. The van der Waals surface area contributed by atoms with Gasteiger partial charge < -0.3 is 10.2 Å². The van der Waals surface area contributed by atoms with Crippen LogP contribution in [0.5, 0.6) is 0 Å². The molecule has 0 atom stereocenters. The van der Waals surface area contributed by atoms with Crippen molar-refractivity contribution in [1.29, 1.82) is 0 Å². The number of benzene rings is 1. The summed E-state index contributed by atoms with van der Waals surface area (Å²) < 4.78 is 12.9. The summed E-state index contributed by atoms with van der Waals surface area (Å²) in [7, 11) is 0. The minimum atomic E-state index is -0.264. The first-order chi connectivity index (χ1) is 13.7. The van der Waals surface area contributed by atoms with E-state index in [4.69, 9.17) is 0 Å². The van der Waals surface area contributed by atoms with E-state index in [0.717, 1.165) is 42.3 Å². The third-order valence-corrected chi connectivity index (χ3v) is 6.63. The van der Waals surface area contributed by atoms with Crippen molar-refractivity contribution in [3.63, 3.8) is 0 Å². The normalized spacial score (nSPS) is 15.0. The number of hydrogen-bond donors (Lipinski definition) is 2. The molecule has 0 saturated carbocycles. The van der Waals surface area contributed by atoms with Gasteiger partial charge in [0.05, 0.1) is 16.3 Å². The van der Waals surface area contributed by atoms with Crippen LogP contribution >= 0.6 is 23.1 Å². The fraction of sp³-hybridized carbons (Fsp3) is 0.300. The minimum Gasteiger partial charge on any atom is -0.355 e. The van der Waals surface area contributed by atoms with Crippen LogP contribution in [0.1, 0.15) is 12.8 Å². The summed E-state index contributed by atoms with van der Waals surface area (Å²) in [6.45, 7) is 1.73. The Morgan fingerprint density at radius 2 is 2.07 bits per heavy atom. The lowest BCUT2D eigenvalue weighted by Crippen LogP contribution is -2.45. The zero-order valence-electron chi connectivity index (χ0n) is 15.2. The zero-order chi connectivity index (χ0) is 19.3. The van der Waals surface area contributed by atoms with E-state index in [9.17, 15) is 9.18 Å². The summed E-state index contributed by atoms with van der Waals surface area (Å²) in [5, 5.41) is 12.7. The third-order valence-electron chi connectivity index (χ3n) is 4.72. The van der Waals surface area contributed by atoms with Gasteiger partial charge in [-0.1, -0.05) is 6.07 Å². The van der Waals surface area contributed by atoms with Crippen LogP contribution in [0.2, 0.25) is 0 Å². The van der Waals surface area contributed by atoms with E-state index in [2.05, 4.69) is 37.9 Å². The highest BCUT2D eigenvalue weighted by atomic mass is 32.2. The van der Waals surface area contributed by atoms with Gasteiger partial charge in [0.15, 0.2) is 5.82 Å². The van der Waals surface area contributed by atoms with Crippen LogP contribution < -0.4 is 10.2 Å². The molecular weight excluding hydrogens is 395 g/mol. The highest BCUT2D eigenvalue weighted by molar-refractivity contribution is 8.00. The Bertz CT molecular complexity index is 903. The van der Waals surface area contributed by atoms with Crippen molar-refractivity contribution in [3.05, 3.63) is 53.7 Å². The van der Waals surface area contributed by atoms with Crippen molar-refractivity contribution >= 4 is 34.8 Å². The van der Waals surface area contributed by atoms with E-state index in [0.29, 0.717) is 5.75 Å². The average molecular weight is 417 g/mol. The molecule has 0 radical (unpaired) electrons. The summed E-state index contributed by atoms with van der Waals surface area (Å²) in [4.78, 5) is 16.5. The molecule has 2 N–H and O–H groups in total. The van der Waals surface area contributed by atoms with Crippen LogP contribution in [0, 0.1) is 5.82 Å². The van der Waals surface area contributed by atoms with E-state index in [1.807, 2.05) is 6.07 Å². The number of rotatable bonds is 6. The summed E-state index contributed by atoms with van der Waals surface area (Å²) in [5.41, 5.74) is 1.04. The number of nitrogens with zero attached hydrogens (tertiary/aromatic N) is 2. The van der Waals surface area contributed by atoms with Crippen LogP contribution in [-0.4, -0.2) is 41.0 Å². The second-order valence-corrected chi connectivity index (χ2v) is 8.68. The Labute approximate surface area is 171 Å². The monoisotopic (exact) mass is 416 g/mol. The second-order valence-electron chi connectivity index (χ2n) is 6.69. The van der Waals surface area contributed by atoms with Gasteiger partial charge in [0.2, 0.25) is 5.91 Å². The number of nitrogens with one attached hydrogen (secondary N) is 2.